The molecule has 2 unspecified atom stereocenters. The van der Waals surface area contributed by atoms with Gasteiger partial charge in [-0.05, 0) is 43.5 Å². The molecule has 2 aliphatic rings. The summed E-state index contributed by atoms with van der Waals surface area (Å²) in [6.07, 6.45) is 2.07. The lowest BCUT2D eigenvalue weighted by molar-refractivity contribution is 0.0999. The van der Waals surface area contributed by atoms with E-state index in [0.717, 1.165) is 6.42 Å². The van der Waals surface area contributed by atoms with Gasteiger partial charge in [0.05, 0.1) is 43.2 Å². The smallest absolute Gasteiger partial charge is 0.410 e. The molecule has 35 heavy (non-hydrogen) atoms. The topological polar surface area (TPSA) is 145 Å². The molecule has 0 saturated carbocycles. The number of fused-ring (bicyclic) bond motifs is 1. The van der Waals surface area contributed by atoms with Crippen LogP contribution in [0.3, 0.4) is 0 Å². The zero-order valence-electron chi connectivity index (χ0n) is 20.2. The molecule has 1 aromatic rings. The highest BCUT2D eigenvalue weighted by Crippen LogP contribution is 2.54. The van der Waals surface area contributed by atoms with E-state index in [0.29, 0.717) is 35.8 Å². The van der Waals surface area contributed by atoms with Crippen LogP contribution in [0.2, 0.25) is 0 Å². The summed E-state index contributed by atoms with van der Waals surface area (Å²) in [4.78, 5) is 14.0. The number of carbonyl (C=O) groups excluding carboxylic acids is 1. The van der Waals surface area contributed by atoms with Crippen LogP contribution in [-0.4, -0.2) is 43.9 Å². The Bertz CT molecular complexity index is 1150. The number of allylic oxidation sites excluding steroid dienone is 2. The number of nitrogens with two attached hydrogens (primary N) is 1. The Morgan fingerprint density at radius 3 is 2.49 bits per heavy atom. The molecule has 2 N–H and O–H groups in total. The summed E-state index contributed by atoms with van der Waals surface area (Å²) < 4.78 is 16.8. The van der Waals surface area contributed by atoms with Crippen molar-refractivity contribution in [1.82, 2.24) is 4.90 Å². The molecule has 1 aliphatic carbocycles. The van der Waals surface area contributed by atoms with Crippen LogP contribution in [0.5, 0.6) is 11.5 Å². The largest absolute Gasteiger partial charge is 0.490 e. The average Bonchev–Trinajstić information content (AvgIpc) is 2.87. The molecule has 0 saturated heterocycles. The van der Waals surface area contributed by atoms with Crippen LogP contribution in [-0.2, 0) is 4.74 Å². The average molecular weight is 476 g/mol. The van der Waals surface area contributed by atoms with Crippen molar-refractivity contribution < 1.29 is 19.0 Å². The quantitative estimate of drug-likeness (QED) is 0.627. The van der Waals surface area contributed by atoms with E-state index >= 15 is 0 Å². The number of benzene rings is 1. The van der Waals surface area contributed by atoms with Crippen molar-refractivity contribution in [2.75, 3.05) is 32.9 Å². The maximum atomic E-state index is 12.5. The van der Waals surface area contributed by atoms with E-state index in [1.807, 2.05) is 13.8 Å². The number of rotatable bonds is 7. The molecular formula is C26H29N5O4. The van der Waals surface area contributed by atoms with Crippen LogP contribution >= 0.6 is 0 Å². The van der Waals surface area contributed by atoms with Crippen molar-refractivity contribution in [3.8, 4) is 29.7 Å². The highest BCUT2D eigenvalue weighted by molar-refractivity contribution is 5.69. The molecule has 1 aromatic carbocycles. The molecule has 1 heterocycles. The lowest BCUT2D eigenvalue weighted by Crippen LogP contribution is -2.49. The van der Waals surface area contributed by atoms with Crippen LogP contribution in [0.1, 0.15) is 38.7 Å². The number of hydrogen-bond acceptors (Lipinski definition) is 8. The molecule has 1 amide bonds. The summed E-state index contributed by atoms with van der Waals surface area (Å²) in [5, 5.41) is 30.4. The van der Waals surface area contributed by atoms with Crippen molar-refractivity contribution in [1.29, 1.82) is 15.8 Å². The second kappa shape index (κ2) is 10.8. The molecule has 1 aliphatic heterocycles. The maximum absolute atomic E-state index is 12.5. The van der Waals surface area contributed by atoms with Gasteiger partial charge in [-0.1, -0.05) is 19.1 Å². The van der Waals surface area contributed by atoms with Crippen molar-refractivity contribution >= 4 is 6.09 Å². The second-order valence-corrected chi connectivity index (χ2v) is 8.27. The summed E-state index contributed by atoms with van der Waals surface area (Å²) in [7, 11) is 0. The zero-order valence-corrected chi connectivity index (χ0v) is 20.2. The van der Waals surface area contributed by atoms with Crippen LogP contribution < -0.4 is 15.2 Å². The fourth-order valence-electron chi connectivity index (χ4n) is 4.74. The van der Waals surface area contributed by atoms with Gasteiger partial charge < -0.3 is 24.8 Å². The molecule has 3 rings (SSSR count). The van der Waals surface area contributed by atoms with E-state index in [-0.39, 0.29) is 31.0 Å². The van der Waals surface area contributed by atoms with Gasteiger partial charge in [-0.25, -0.2) is 4.79 Å². The maximum Gasteiger partial charge on any atom is 0.410 e. The van der Waals surface area contributed by atoms with Gasteiger partial charge in [-0.15, -0.1) is 0 Å². The number of nitrogens with zero attached hydrogens (tertiary/aromatic N) is 4. The Morgan fingerprint density at radius 2 is 1.89 bits per heavy atom. The highest BCUT2D eigenvalue weighted by atomic mass is 16.6. The summed E-state index contributed by atoms with van der Waals surface area (Å²) in [5.41, 5.74) is 5.84. The first kappa shape index (κ1) is 25.5. The lowest BCUT2D eigenvalue weighted by atomic mass is 9.58. The number of hydrogen-bond donors (Lipinski definition) is 1. The Morgan fingerprint density at radius 1 is 1.14 bits per heavy atom. The molecule has 9 nitrogen and oxygen atoms in total. The predicted octanol–water partition coefficient (Wildman–Crippen LogP) is 3.76. The van der Waals surface area contributed by atoms with Crippen molar-refractivity contribution in [2.45, 2.75) is 33.1 Å². The van der Waals surface area contributed by atoms with Crippen molar-refractivity contribution in [3.63, 3.8) is 0 Å². The third-order valence-corrected chi connectivity index (χ3v) is 6.28. The van der Waals surface area contributed by atoms with Gasteiger partial charge in [0.1, 0.15) is 6.07 Å². The number of amides is 1. The van der Waals surface area contributed by atoms with E-state index in [4.69, 9.17) is 19.9 Å². The van der Waals surface area contributed by atoms with Gasteiger partial charge in [0.25, 0.3) is 0 Å². The first-order valence-electron chi connectivity index (χ1n) is 11.7. The van der Waals surface area contributed by atoms with Crippen LogP contribution in [0, 0.1) is 45.3 Å². The Hall–Kier alpha value is -4.16. The molecular weight excluding hydrogens is 446 g/mol. The third-order valence-electron chi connectivity index (χ3n) is 6.28. The second-order valence-electron chi connectivity index (χ2n) is 8.27. The van der Waals surface area contributed by atoms with E-state index < -0.39 is 23.3 Å². The minimum atomic E-state index is -1.82. The Kier molecular flexibility index (Phi) is 7.89. The molecule has 0 bridgehead atoms. The first-order valence-corrected chi connectivity index (χ1v) is 11.7. The Labute approximate surface area is 205 Å². The van der Waals surface area contributed by atoms with Crippen molar-refractivity contribution in [3.05, 3.63) is 46.7 Å². The highest BCUT2D eigenvalue weighted by Gasteiger charge is 2.55. The standard InChI is InChI=1S/C26H29N5O4/c1-4-11-35-21-8-7-17(12-22(21)33-5-2)23-20-14-31(25(32)34-6-3)10-9-18(20)19(13-27)24(30)26(23,15-28)16-29/h7-9,12,20,23H,4-6,10-11,14,30H2,1-3H3. The number of carbonyl (C=O) groups is 1. The molecule has 0 spiro atoms. The van der Waals surface area contributed by atoms with Gasteiger partial charge >= 0.3 is 6.09 Å². The monoisotopic (exact) mass is 475 g/mol. The van der Waals surface area contributed by atoms with Crippen LogP contribution in [0.25, 0.3) is 0 Å². The molecule has 0 fully saturated rings. The van der Waals surface area contributed by atoms with E-state index in [1.54, 1.807) is 31.2 Å². The first-order chi connectivity index (χ1) is 16.9. The summed E-state index contributed by atoms with van der Waals surface area (Å²) >= 11 is 0. The van der Waals surface area contributed by atoms with Gasteiger partial charge in [0.15, 0.2) is 16.9 Å². The Balaban J connectivity index is 2.22. The predicted molar refractivity (Wildman–Crippen MR) is 127 cm³/mol. The van der Waals surface area contributed by atoms with Crippen molar-refractivity contribution in [2.24, 2.45) is 17.1 Å². The molecule has 0 aromatic heterocycles. The number of nitriles is 3. The van der Waals surface area contributed by atoms with E-state index in [9.17, 15) is 20.6 Å². The molecule has 9 heteroatoms. The van der Waals surface area contributed by atoms with E-state index in [1.165, 1.54) is 4.90 Å². The van der Waals surface area contributed by atoms with Gasteiger partial charge in [-0.3, -0.25) is 0 Å². The summed E-state index contributed by atoms with van der Waals surface area (Å²) in [5.74, 6) is -0.259. The lowest BCUT2D eigenvalue weighted by Gasteiger charge is -2.45. The van der Waals surface area contributed by atoms with Gasteiger partial charge in [0.2, 0.25) is 0 Å². The van der Waals surface area contributed by atoms with Gasteiger partial charge in [-0.2, -0.15) is 15.8 Å². The molecule has 182 valence electrons. The fourth-order valence-corrected chi connectivity index (χ4v) is 4.74. The zero-order chi connectivity index (χ0) is 25.6. The van der Waals surface area contributed by atoms with Gasteiger partial charge in [0, 0.05) is 24.9 Å². The van der Waals surface area contributed by atoms with Crippen LogP contribution in [0.15, 0.2) is 41.1 Å². The fraction of sp³-hybridized carbons (Fsp3) is 0.462. The summed E-state index contributed by atoms with van der Waals surface area (Å²) in [6.45, 7) is 7.08. The number of ether oxygens (including phenoxy) is 3. The summed E-state index contributed by atoms with van der Waals surface area (Å²) in [6, 6.07) is 11.6. The molecule has 2 atom stereocenters. The van der Waals surface area contributed by atoms with Crippen LogP contribution in [0.4, 0.5) is 4.79 Å². The van der Waals surface area contributed by atoms with E-state index in [2.05, 4.69) is 18.2 Å². The normalized spacial score (nSPS) is 20.5. The molecule has 0 radical (unpaired) electrons. The minimum absolute atomic E-state index is 0.0774. The minimum Gasteiger partial charge on any atom is -0.490 e. The third kappa shape index (κ3) is 4.48. The SMILES string of the molecule is CCCOc1ccc(C2C3CN(C(=O)OCC)CC=C3C(C#N)=C(N)C2(C#N)C#N)cc1OCC.